The van der Waals surface area contributed by atoms with Crippen LogP contribution in [0, 0.1) is 0 Å². The van der Waals surface area contributed by atoms with Gasteiger partial charge in [0, 0.05) is 19.2 Å². The number of hydrogen-bond acceptors (Lipinski definition) is 3. The number of anilines is 1. The van der Waals surface area contributed by atoms with Gasteiger partial charge in [-0.1, -0.05) is 12.1 Å². The molecule has 0 saturated heterocycles. The third kappa shape index (κ3) is 4.00. The van der Waals surface area contributed by atoms with Gasteiger partial charge in [0.15, 0.2) is 0 Å². The molecule has 1 rings (SSSR count). The lowest BCUT2D eigenvalue weighted by Gasteiger charge is -2.16. The SMILES string of the molecule is CC(=O)Nc1cccc(C(O)CN(C)C)c1. The Morgan fingerprint density at radius 1 is 1.50 bits per heavy atom. The standard InChI is InChI=1S/C12H18N2O2/c1-9(15)13-11-6-4-5-10(7-11)12(16)8-14(2)3/h4-7,12,16H,8H2,1-3H3,(H,13,15). The lowest BCUT2D eigenvalue weighted by Crippen LogP contribution is -2.20. The number of nitrogens with zero attached hydrogens (tertiary/aromatic N) is 1. The second-order valence-corrected chi connectivity index (χ2v) is 4.08. The summed E-state index contributed by atoms with van der Waals surface area (Å²) in [5, 5.41) is 12.6. The van der Waals surface area contributed by atoms with E-state index in [9.17, 15) is 9.90 Å². The quantitative estimate of drug-likeness (QED) is 0.806. The Balaban J connectivity index is 2.77. The molecule has 0 heterocycles. The van der Waals surface area contributed by atoms with Crippen molar-refractivity contribution in [2.45, 2.75) is 13.0 Å². The third-order valence-corrected chi connectivity index (χ3v) is 2.13. The molecule has 0 aliphatic heterocycles. The average molecular weight is 222 g/mol. The lowest BCUT2D eigenvalue weighted by atomic mass is 10.1. The number of aliphatic hydroxyl groups excluding tert-OH is 1. The van der Waals surface area contributed by atoms with E-state index < -0.39 is 6.10 Å². The zero-order valence-electron chi connectivity index (χ0n) is 9.90. The molecule has 1 aromatic carbocycles. The number of amides is 1. The van der Waals surface area contributed by atoms with Gasteiger partial charge in [0.1, 0.15) is 0 Å². The average Bonchev–Trinajstić information content (AvgIpc) is 2.16. The highest BCUT2D eigenvalue weighted by Crippen LogP contribution is 2.18. The molecule has 2 N–H and O–H groups in total. The van der Waals surface area contributed by atoms with Crippen molar-refractivity contribution in [2.75, 3.05) is 26.0 Å². The van der Waals surface area contributed by atoms with Gasteiger partial charge >= 0.3 is 0 Å². The van der Waals surface area contributed by atoms with E-state index >= 15 is 0 Å². The predicted molar refractivity (Wildman–Crippen MR) is 64.3 cm³/mol. The molecule has 0 aromatic heterocycles. The number of likely N-dealkylation sites (N-methyl/N-ethyl adjacent to an activating group) is 1. The molecule has 0 spiro atoms. The van der Waals surface area contributed by atoms with E-state index in [1.807, 2.05) is 31.1 Å². The van der Waals surface area contributed by atoms with Gasteiger partial charge in [0.2, 0.25) is 5.91 Å². The van der Waals surface area contributed by atoms with Gasteiger partial charge in [-0.25, -0.2) is 0 Å². The maximum Gasteiger partial charge on any atom is 0.221 e. The molecule has 1 unspecified atom stereocenters. The first-order valence-corrected chi connectivity index (χ1v) is 5.19. The molecular formula is C12H18N2O2. The molecule has 1 aromatic rings. The molecule has 0 radical (unpaired) electrons. The summed E-state index contributed by atoms with van der Waals surface area (Å²) < 4.78 is 0. The highest BCUT2D eigenvalue weighted by molar-refractivity contribution is 5.88. The van der Waals surface area contributed by atoms with E-state index in [1.165, 1.54) is 6.92 Å². The Hall–Kier alpha value is -1.39. The highest BCUT2D eigenvalue weighted by atomic mass is 16.3. The maximum atomic E-state index is 10.9. The van der Waals surface area contributed by atoms with Crippen LogP contribution >= 0.6 is 0 Å². The van der Waals surface area contributed by atoms with Crippen molar-refractivity contribution in [1.29, 1.82) is 0 Å². The fourth-order valence-electron chi connectivity index (χ4n) is 1.48. The van der Waals surface area contributed by atoms with E-state index in [-0.39, 0.29) is 5.91 Å². The molecule has 88 valence electrons. The fraction of sp³-hybridized carbons (Fsp3) is 0.417. The zero-order valence-corrected chi connectivity index (χ0v) is 9.90. The van der Waals surface area contributed by atoms with Crippen LogP contribution in [0.5, 0.6) is 0 Å². The zero-order chi connectivity index (χ0) is 12.1. The van der Waals surface area contributed by atoms with E-state index in [0.29, 0.717) is 12.2 Å². The minimum Gasteiger partial charge on any atom is -0.387 e. The molecule has 1 amide bonds. The Labute approximate surface area is 95.9 Å². The summed E-state index contributed by atoms with van der Waals surface area (Å²) in [7, 11) is 3.81. The number of benzene rings is 1. The van der Waals surface area contributed by atoms with Gasteiger partial charge in [-0.2, -0.15) is 0 Å². The van der Waals surface area contributed by atoms with Crippen molar-refractivity contribution in [3.63, 3.8) is 0 Å². The van der Waals surface area contributed by atoms with Crippen molar-refractivity contribution in [3.8, 4) is 0 Å². The summed E-state index contributed by atoms with van der Waals surface area (Å²) in [5.41, 5.74) is 1.52. The molecular weight excluding hydrogens is 204 g/mol. The van der Waals surface area contributed by atoms with Crippen LogP contribution in [0.15, 0.2) is 24.3 Å². The Kier molecular flexibility index (Phi) is 4.46. The number of aliphatic hydroxyl groups is 1. The second kappa shape index (κ2) is 5.63. The topological polar surface area (TPSA) is 52.6 Å². The molecule has 0 saturated carbocycles. The number of carbonyl (C=O) groups is 1. The van der Waals surface area contributed by atoms with Crippen molar-refractivity contribution < 1.29 is 9.90 Å². The first-order chi connectivity index (χ1) is 7.49. The third-order valence-electron chi connectivity index (χ3n) is 2.13. The fourth-order valence-corrected chi connectivity index (χ4v) is 1.48. The first-order valence-electron chi connectivity index (χ1n) is 5.19. The Morgan fingerprint density at radius 2 is 2.19 bits per heavy atom. The monoisotopic (exact) mass is 222 g/mol. The summed E-state index contributed by atoms with van der Waals surface area (Å²) in [5.74, 6) is -0.112. The Bertz CT molecular complexity index is 364. The van der Waals surface area contributed by atoms with Crippen LogP contribution in [0.3, 0.4) is 0 Å². The van der Waals surface area contributed by atoms with Crippen molar-refractivity contribution in [2.24, 2.45) is 0 Å². The second-order valence-electron chi connectivity index (χ2n) is 4.08. The molecule has 0 aliphatic carbocycles. The number of nitrogens with one attached hydrogen (secondary N) is 1. The molecule has 4 heteroatoms. The normalized spacial score (nSPS) is 12.6. The summed E-state index contributed by atoms with van der Waals surface area (Å²) in [4.78, 5) is 12.8. The summed E-state index contributed by atoms with van der Waals surface area (Å²) in [6.45, 7) is 2.02. The molecule has 1 atom stereocenters. The molecule has 4 nitrogen and oxygen atoms in total. The van der Waals surface area contributed by atoms with Crippen LogP contribution in [0.25, 0.3) is 0 Å². The van der Waals surface area contributed by atoms with Gasteiger partial charge < -0.3 is 15.3 Å². The Morgan fingerprint density at radius 3 is 2.75 bits per heavy atom. The summed E-state index contributed by atoms with van der Waals surface area (Å²) in [6, 6.07) is 7.25. The van der Waals surface area contributed by atoms with E-state index in [1.54, 1.807) is 12.1 Å². The first kappa shape index (κ1) is 12.7. The van der Waals surface area contributed by atoms with Crippen LogP contribution in [0.2, 0.25) is 0 Å². The molecule has 16 heavy (non-hydrogen) atoms. The lowest BCUT2D eigenvalue weighted by molar-refractivity contribution is -0.114. The van der Waals surface area contributed by atoms with Crippen molar-refractivity contribution in [3.05, 3.63) is 29.8 Å². The van der Waals surface area contributed by atoms with Gasteiger partial charge in [0.05, 0.1) is 6.10 Å². The largest absolute Gasteiger partial charge is 0.387 e. The van der Waals surface area contributed by atoms with Gasteiger partial charge in [-0.05, 0) is 31.8 Å². The van der Waals surface area contributed by atoms with E-state index in [0.717, 1.165) is 5.56 Å². The van der Waals surface area contributed by atoms with Crippen molar-refractivity contribution in [1.82, 2.24) is 4.90 Å². The van der Waals surface area contributed by atoms with Gasteiger partial charge in [-0.3, -0.25) is 4.79 Å². The smallest absolute Gasteiger partial charge is 0.221 e. The van der Waals surface area contributed by atoms with Gasteiger partial charge in [-0.15, -0.1) is 0 Å². The molecule has 0 aliphatic rings. The summed E-state index contributed by atoms with van der Waals surface area (Å²) in [6.07, 6.45) is -0.538. The highest BCUT2D eigenvalue weighted by Gasteiger charge is 2.09. The number of carbonyl (C=O) groups excluding carboxylic acids is 1. The van der Waals surface area contributed by atoms with Crippen molar-refractivity contribution >= 4 is 11.6 Å². The van der Waals surface area contributed by atoms with Crippen LogP contribution in [0.4, 0.5) is 5.69 Å². The summed E-state index contributed by atoms with van der Waals surface area (Å²) >= 11 is 0. The van der Waals surface area contributed by atoms with E-state index in [4.69, 9.17) is 0 Å². The minimum atomic E-state index is -0.538. The molecule has 0 fully saturated rings. The predicted octanol–water partition coefficient (Wildman–Crippen LogP) is 1.24. The molecule has 0 bridgehead atoms. The minimum absolute atomic E-state index is 0.112. The van der Waals surface area contributed by atoms with Crippen LogP contribution in [-0.2, 0) is 4.79 Å². The number of hydrogen-bond donors (Lipinski definition) is 2. The van der Waals surface area contributed by atoms with Crippen LogP contribution in [0.1, 0.15) is 18.6 Å². The van der Waals surface area contributed by atoms with Crippen LogP contribution in [-0.4, -0.2) is 36.6 Å². The van der Waals surface area contributed by atoms with Gasteiger partial charge in [0.25, 0.3) is 0 Å². The van der Waals surface area contributed by atoms with E-state index in [2.05, 4.69) is 5.32 Å². The number of rotatable bonds is 4. The maximum absolute atomic E-state index is 10.9. The van der Waals surface area contributed by atoms with Crippen LogP contribution < -0.4 is 5.32 Å².